The van der Waals surface area contributed by atoms with Crippen LogP contribution in [-0.2, 0) is 22.6 Å². The fourth-order valence-electron chi connectivity index (χ4n) is 1.76. The van der Waals surface area contributed by atoms with Gasteiger partial charge in [-0.25, -0.2) is 0 Å². The first kappa shape index (κ1) is 14.6. The molecule has 2 aromatic rings. The van der Waals surface area contributed by atoms with Crippen LogP contribution >= 0.6 is 0 Å². The molecule has 0 unspecified atom stereocenters. The largest absolute Gasteiger partial charge is 0.462 e. The molecule has 2 aromatic heterocycles. The molecule has 2 heterocycles. The van der Waals surface area contributed by atoms with Crippen LogP contribution in [0.3, 0.4) is 0 Å². The minimum Gasteiger partial charge on any atom is -0.462 e. The molecule has 0 bridgehead atoms. The van der Waals surface area contributed by atoms with Gasteiger partial charge in [-0.2, -0.15) is 0 Å². The molecule has 0 saturated carbocycles. The van der Waals surface area contributed by atoms with Gasteiger partial charge in [0.05, 0.1) is 6.54 Å². The first-order valence-electron chi connectivity index (χ1n) is 6.33. The van der Waals surface area contributed by atoms with Gasteiger partial charge in [0, 0.05) is 30.2 Å². The Bertz CT molecular complexity index is 748. The van der Waals surface area contributed by atoms with E-state index in [0.29, 0.717) is 5.69 Å². The molecule has 110 valence electrons. The predicted octanol–water partition coefficient (Wildman–Crippen LogP) is -0.164. The molecular formula is C14H15N3O4. The number of nitrogen functional groups attached to an aromatic ring is 1. The van der Waals surface area contributed by atoms with Crippen LogP contribution in [0.2, 0.25) is 0 Å². The highest BCUT2D eigenvalue weighted by molar-refractivity contribution is 5.69. The standard InChI is InChI=1S/C14H15N3O4/c15-11-4-5-13(19)17(9-11)10-14(20)21-8-7-16-6-2-1-3-12(16)18/h1-6,9H,7-8,10,15H2. The Morgan fingerprint density at radius 2 is 1.86 bits per heavy atom. The molecule has 21 heavy (non-hydrogen) atoms. The third kappa shape index (κ3) is 4.07. The van der Waals surface area contributed by atoms with Crippen molar-refractivity contribution in [1.29, 1.82) is 0 Å². The van der Waals surface area contributed by atoms with Gasteiger partial charge in [0.1, 0.15) is 13.2 Å². The van der Waals surface area contributed by atoms with Gasteiger partial charge in [-0.05, 0) is 12.1 Å². The van der Waals surface area contributed by atoms with Gasteiger partial charge in [0.15, 0.2) is 0 Å². The van der Waals surface area contributed by atoms with Gasteiger partial charge in [-0.15, -0.1) is 0 Å². The van der Waals surface area contributed by atoms with E-state index in [2.05, 4.69) is 0 Å². The average Bonchev–Trinajstić information content (AvgIpc) is 2.45. The van der Waals surface area contributed by atoms with Gasteiger partial charge >= 0.3 is 5.97 Å². The van der Waals surface area contributed by atoms with Gasteiger partial charge in [0.2, 0.25) is 0 Å². The number of nitrogens with zero attached hydrogens (tertiary/aromatic N) is 2. The van der Waals surface area contributed by atoms with Crippen LogP contribution in [0.1, 0.15) is 0 Å². The van der Waals surface area contributed by atoms with Crippen molar-refractivity contribution in [3.8, 4) is 0 Å². The number of esters is 1. The van der Waals surface area contributed by atoms with Crippen molar-refractivity contribution < 1.29 is 9.53 Å². The summed E-state index contributed by atoms with van der Waals surface area (Å²) in [6.07, 6.45) is 2.99. The summed E-state index contributed by atoms with van der Waals surface area (Å²) in [5, 5.41) is 0. The molecule has 7 heteroatoms. The maximum Gasteiger partial charge on any atom is 0.326 e. The van der Waals surface area contributed by atoms with Gasteiger partial charge in [-0.1, -0.05) is 6.07 Å². The Morgan fingerprint density at radius 1 is 1.10 bits per heavy atom. The first-order valence-corrected chi connectivity index (χ1v) is 6.33. The van der Waals surface area contributed by atoms with Crippen molar-refractivity contribution >= 4 is 11.7 Å². The number of carbonyl (C=O) groups is 1. The summed E-state index contributed by atoms with van der Waals surface area (Å²) in [4.78, 5) is 34.6. The fourth-order valence-corrected chi connectivity index (χ4v) is 1.76. The second-order valence-electron chi connectivity index (χ2n) is 4.38. The summed E-state index contributed by atoms with van der Waals surface area (Å²) < 4.78 is 7.60. The van der Waals surface area contributed by atoms with Crippen LogP contribution in [0.4, 0.5) is 5.69 Å². The lowest BCUT2D eigenvalue weighted by Gasteiger charge is -2.08. The minimum absolute atomic E-state index is 0.0554. The number of pyridine rings is 2. The van der Waals surface area contributed by atoms with Crippen LogP contribution in [0, 0.1) is 0 Å². The van der Waals surface area contributed by atoms with Crippen LogP contribution < -0.4 is 16.9 Å². The molecule has 0 amide bonds. The van der Waals surface area contributed by atoms with Gasteiger partial charge in [-0.3, -0.25) is 14.4 Å². The first-order chi connectivity index (χ1) is 10.1. The Kier molecular flexibility index (Phi) is 4.55. The maximum atomic E-state index is 11.6. The van der Waals surface area contributed by atoms with E-state index in [-0.39, 0.29) is 30.8 Å². The van der Waals surface area contributed by atoms with Gasteiger partial charge in [0.25, 0.3) is 11.1 Å². The predicted molar refractivity (Wildman–Crippen MR) is 76.8 cm³/mol. The molecule has 0 aliphatic carbocycles. The number of aromatic nitrogens is 2. The smallest absolute Gasteiger partial charge is 0.326 e. The third-order valence-corrected chi connectivity index (χ3v) is 2.80. The summed E-state index contributed by atoms with van der Waals surface area (Å²) >= 11 is 0. The van der Waals surface area contributed by atoms with Crippen LogP contribution in [0.5, 0.6) is 0 Å². The lowest BCUT2D eigenvalue weighted by molar-refractivity contribution is -0.144. The zero-order valence-corrected chi connectivity index (χ0v) is 11.3. The normalized spacial score (nSPS) is 10.3. The van der Waals surface area contributed by atoms with Crippen molar-refractivity contribution in [3.05, 3.63) is 63.4 Å². The van der Waals surface area contributed by atoms with Crippen molar-refractivity contribution in [2.24, 2.45) is 0 Å². The second kappa shape index (κ2) is 6.56. The molecule has 0 fully saturated rings. The number of hydrogen-bond acceptors (Lipinski definition) is 5. The molecule has 0 radical (unpaired) electrons. The summed E-state index contributed by atoms with van der Waals surface area (Å²) in [5.74, 6) is -0.563. The minimum atomic E-state index is -0.563. The third-order valence-electron chi connectivity index (χ3n) is 2.80. The molecule has 0 saturated heterocycles. The number of rotatable bonds is 5. The second-order valence-corrected chi connectivity index (χ2v) is 4.38. The van der Waals surface area contributed by atoms with E-state index >= 15 is 0 Å². The van der Waals surface area contributed by atoms with Crippen LogP contribution in [0.15, 0.2) is 52.3 Å². The van der Waals surface area contributed by atoms with E-state index in [4.69, 9.17) is 10.5 Å². The highest BCUT2D eigenvalue weighted by atomic mass is 16.5. The average molecular weight is 289 g/mol. The van der Waals surface area contributed by atoms with Crippen LogP contribution in [0.25, 0.3) is 0 Å². The SMILES string of the molecule is Nc1ccc(=O)n(CC(=O)OCCn2ccccc2=O)c1. The van der Waals surface area contributed by atoms with Crippen LogP contribution in [-0.4, -0.2) is 21.7 Å². The lowest BCUT2D eigenvalue weighted by atomic mass is 10.4. The Hall–Kier alpha value is -2.83. The lowest BCUT2D eigenvalue weighted by Crippen LogP contribution is -2.26. The topological polar surface area (TPSA) is 96.3 Å². The monoisotopic (exact) mass is 289 g/mol. The summed E-state index contributed by atoms with van der Waals surface area (Å²) in [6, 6.07) is 7.53. The number of hydrogen-bond donors (Lipinski definition) is 1. The Balaban J connectivity index is 1.88. The van der Waals surface area contributed by atoms with E-state index in [1.807, 2.05) is 0 Å². The van der Waals surface area contributed by atoms with E-state index in [1.165, 1.54) is 33.5 Å². The highest BCUT2D eigenvalue weighted by Gasteiger charge is 2.06. The van der Waals surface area contributed by atoms with E-state index in [9.17, 15) is 14.4 Å². The molecule has 0 aliphatic rings. The van der Waals surface area contributed by atoms with E-state index in [1.54, 1.807) is 18.3 Å². The molecule has 2 rings (SSSR count). The number of nitrogens with two attached hydrogens (primary N) is 1. The zero-order valence-electron chi connectivity index (χ0n) is 11.3. The molecule has 0 spiro atoms. The summed E-state index contributed by atoms with van der Waals surface area (Å²) in [7, 11) is 0. The number of carbonyl (C=O) groups excluding carboxylic acids is 1. The highest BCUT2D eigenvalue weighted by Crippen LogP contribution is 1.96. The van der Waals surface area contributed by atoms with Gasteiger partial charge < -0.3 is 19.6 Å². The fraction of sp³-hybridized carbons (Fsp3) is 0.214. The Labute approximate surface area is 120 Å². The number of ether oxygens (including phenoxy) is 1. The molecule has 2 N–H and O–H groups in total. The van der Waals surface area contributed by atoms with Crippen molar-refractivity contribution in [2.45, 2.75) is 13.1 Å². The zero-order chi connectivity index (χ0) is 15.2. The molecule has 0 atom stereocenters. The van der Waals surface area contributed by atoms with E-state index in [0.717, 1.165) is 0 Å². The van der Waals surface area contributed by atoms with E-state index < -0.39 is 5.97 Å². The molecular weight excluding hydrogens is 274 g/mol. The maximum absolute atomic E-state index is 11.6. The van der Waals surface area contributed by atoms with Crippen molar-refractivity contribution in [1.82, 2.24) is 9.13 Å². The summed E-state index contributed by atoms with van der Waals surface area (Å²) in [5.41, 5.74) is 5.43. The van der Waals surface area contributed by atoms with Crippen molar-refractivity contribution in [2.75, 3.05) is 12.3 Å². The molecule has 0 aliphatic heterocycles. The number of anilines is 1. The Morgan fingerprint density at radius 3 is 2.62 bits per heavy atom. The quantitative estimate of drug-likeness (QED) is 0.771. The van der Waals surface area contributed by atoms with Crippen molar-refractivity contribution in [3.63, 3.8) is 0 Å². The molecule has 0 aromatic carbocycles. The summed E-state index contributed by atoms with van der Waals surface area (Å²) in [6.45, 7) is 0.102. The molecule has 7 nitrogen and oxygen atoms in total.